The fourth-order valence-corrected chi connectivity index (χ4v) is 3.22. The highest BCUT2D eigenvalue weighted by molar-refractivity contribution is 6.31. The fourth-order valence-electron chi connectivity index (χ4n) is 2.92. The Morgan fingerprint density at radius 3 is 2.56 bits per heavy atom. The SMILES string of the molecule is CC(NCC1(C)CCCCC1)c1ccccc1Cl. The Morgan fingerprint density at radius 2 is 1.89 bits per heavy atom. The van der Waals surface area contributed by atoms with Crippen LogP contribution in [0.2, 0.25) is 5.02 Å². The molecule has 2 heteroatoms. The smallest absolute Gasteiger partial charge is 0.0453 e. The van der Waals surface area contributed by atoms with Crippen molar-refractivity contribution in [3.8, 4) is 0 Å². The third-order valence-corrected chi connectivity index (χ3v) is 4.61. The van der Waals surface area contributed by atoms with Crippen molar-refractivity contribution in [2.75, 3.05) is 6.54 Å². The minimum Gasteiger partial charge on any atom is -0.310 e. The molecular weight excluding hydrogens is 242 g/mol. The Bertz CT molecular complexity index is 382. The van der Waals surface area contributed by atoms with E-state index in [1.54, 1.807) is 0 Å². The van der Waals surface area contributed by atoms with Gasteiger partial charge in [0.1, 0.15) is 0 Å². The van der Waals surface area contributed by atoms with Gasteiger partial charge in [0.2, 0.25) is 0 Å². The molecule has 1 aliphatic rings. The minimum atomic E-state index is 0.331. The van der Waals surface area contributed by atoms with Crippen LogP contribution in [-0.4, -0.2) is 6.54 Å². The van der Waals surface area contributed by atoms with Crippen LogP contribution in [0.4, 0.5) is 0 Å². The lowest BCUT2D eigenvalue weighted by atomic mass is 9.75. The van der Waals surface area contributed by atoms with Crippen LogP contribution in [0, 0.1) is 5.41 Å². The maximum atomic E-state index is 6.24. The summed E-state index contributed by atoms with van der Waals surface area (Å²) in [6, 6.07) is 8.46. The first-order chi connectivity index (χ1) is 8.61. The molecule has 1 nitrogen and oxygen atoms in total. The molecule has 1 N–H and O–H groups in total. The van der Waals surface area contributed by atoms with Crippen molar-refractivity contribution in [3.05, 3.63) is 34.9 Å². The van der Waals surface area contributed by atoms with Crippen molar-refractivity contribution in [2.24, 2.45) is 5.41 Å². The normalized spacial score (nSPS) is 20.6. The molecule has 18 heavy (non-hydrogen) atoms. The molecule has 0 radical (unpaired) electrons. The summed E-state index contributed by atoms with van der Waals surface area (Å²) in [4.78, 5) is 0. The zero-order valence-electron chi connectivity index (χ0n) is 11.5. The summed E-state index contributed by atoms with van der Waals surface area (Å²) in [5, 5.41) is 4.53. The zero-order valence-corrected chi connectivity index (χ0v) is 12.3. The topological polar surface area (TPSA) is 12.0 Å². The molecular formula is C16H24ClN. The first kappa shape index (κ1) is 13.9. The van der Waals surface area contributed by atoms with E-state index < -0.39 is 0 Å². The summed E-state index contributed by atoms with van der Waals surface area (Å²) in [6.45, 7) is 5.71. The van der Waals surface area contributed by atoms with E-state index in [-0.39, 0.29) is 0 Å². The van der Waals surface area contributed by atoms with Crippen molar-refractivity contribution in [1.82, 2.24) is 5.32 Å². The second-order valence-electron chi connectivity index (χ2n) is 6.00. The second-order valence-corrected chi connectivity index (χ2v) is 6.40. The fraction of sp³-hybridized carbons (Fsp3) is 0.625. The van der Waals surface area contributed by atoms with Crippen molar-refractivity contribution in [1.29, 1.82) is 0 Å². The standard InChI is InChI=1S/C16H24ClN/c1-13(14-8-4-5-9-15(14)17)18-12-16(2)10-6-3-7-11-16/h4-5,8-9,13,18H,3,6-7,10-12H2,1-2H3. The van der Waals surface area contributed by atoms with Crippen LogP contribution in [0.15, 0.2) is 24.3 Å². The van der Waals surface area contributed by atoms with Crippen LogP contribution in [0.25, 0.3) is 0 Å². The summed E-state index contributed by atoms with van der Waals surface area (Å²) in [6.07, 6.45) is 6.90. The molecule has 1 saturated carbocycles. The van der Waals surface area contributed by atoms with Gasteiger partial charge in [-0.1, -0.05) is 56.0 Å². The molecule has 1 aromatic carbocycles. The summed E-state index contributed by atoms with van der Waals surface area (Å²) < 4.78 is 0. The molecule has 0 heterocycles. The summed E-state index contributed by atoms with van der Waals surface area (Å²) >= 11 is 6.24. The lowest BCUT2D eigenvalue weighted by Gasteiger charge is -2.35. The maximum absolute atomic E-state index is 6.24. The van der Waals surface area contributed by atoms with E-state index in [0.29, 0.717) is 11.5 Å². The molecule has 1 aliphatic carbocycles. The van der Waals surface area contributed by atoms with Gasteiger partial charge in [0.05, 0.1) is 0 Å². The Hall–Kier alpha value is -0.530. The predicted molar refractivity (Wildman–Crippen MR) is 79.1 cm³/mol. The maximum Gasteiger partial charge on any atom is 0.0453 e. The molecule has 1 unspecified atom stereocenters. The molecule has 1 fully saturated rings. The molecule has 100 valence electrons. The lowest BCUT2D eigenvalue weighted by molar-refractivity contribution is 0.202. The van der Waals surface area contributed by atoms with E-state index in [1.807, 2.05) is 12.1 Å². The molecule has 0 saturated heterocycles. The minimum absolute atomic E-state index is 0.331. The Kier molecular flexibility index (Phi) is 4.69. The van der Waals surface area contributed by atoms with Crippen LogP contribution in [0.3, 0.4) is 0 Å². The second kappa shape index (κ2) is 6.08. The number of nitrogens with one attached hydrogen (secondary N) is 1. The average Bonchev–Trinajstić information content (AvgIpc) is 2.38. The third-order valence-electron chi connectivity index (χ3n) is 4.27. The highest BCUT2D eigenvalue weighted by Crippen LogP contribution is 2.35. The Balaban J connectivity index is 1.92. The Morgan fingerprint density at radius 1 is 1.22 bits per heavy atom. The van der Waals surface area contributed by atoms with E-state index in [9.17, 15) is 0 Å². The van der Waals surface area contributed by atoms with E-state index >= 15 is 0 Å². The molecule has 0 bridgehead atoms. The number of hydrogen-bond acceptors (Lipinski definition) is 1. The van der Waals surface area contributed by atoms with Crippen LogP contribution < -0.4 is 5.32 Å². The molecule has 0 aliphatic heterocycles. The van der Waals surface area contributed by atoms with Crippen LogP contribution >= 0.6 is 11.6 Å². The Labute approximate surface area is 116 Å². The van der Waals surface area contributed by atoms with Crippen molar-refractivity contribution >= 4 is 11.6 Å². The lowest BCUT2D eigenvalue weighted by Crippen LogP contribution is -2.35. The van der Waals surface area contributed by atoms with Gasteiger partial charge in [0.15, 0.2) is 0 Å². The summed E-state index contributed by atoms with van der Waals surface area (Å²) in [5.74, 6) is 0. The molecule has 0 aromatic heterocycles. The largest absolute Gasteiger partial charge is 0.310 e. The highest BCUT2D eigenvalue weighted by Gasteiger charge is 2.27. The predicted octanol–water partition coefficient (Wildman–Crippen LogP) is 4.96. The number of rotatable bonds is 4. The van der Waals surface area contributed by atoms with Crippen molar-refractivity contribution in [3.63, 3.8) is 0 Å². The highest BCUT2D eigenvalue weighted by atomic mass is 35.5. The summed E-state index contributed by atoms with van der Waals surface area (Å²) in [7, 11) is 0. The van der Waals surface area contributed by atoms with Gasteiger partial charge in [-0.3, -0.25) is 0 Å². The van der Waals surface area contributed by atoms with E-state index in [2.05, 4.69) is 31.3 Å². The van der Waals surface area contributed by atoms with Gasteiger partial charge in [0, 0.05) is 17.6 Å². The third kappa shape index (κ3) is 3.49. The number of hydrogen-bond donors (Lipinski definition) is 1. The van der Waals surface area contributed by atoms with Gasteiger partial charge in [0.25, 0.3) is 0 Å². The van der Waals surface area contributed by atoms with Crippen LogP contribution in [0.1, 0.15) is 57.6 Å². The first-order valence-electron chi connectivity index (χ1n) is 7.09. The van der Waals surface area contributed by atoms with E-state index in [1.165, 1.54) is 37.7 Å². The zero-order chi connectivity index (χ0) is 13.0. The molecule has 1 aromatic rings. The van der Waals surface area contributed by atoms with Gasteiger partial charge in [-0.2, -0.15) is 0 Å². The first-order valence-corrected chi connectivity index (χ1v) is 7.46. The number of halogens is 1. The van der Waals surface area contributed by atoms with Gasteiger partial charge >= 0.3 is 0 Å². The van der Waals surface area contributed by atoms with Gasteiger partial charge in [-0.05, 0) is 36.8 Å². The quantitative estimate of drug-likeness (QED) is 0.811. The van der Waals surface area contributed by atoms with E-state index in [4.69, 9.17) is 11.6 Å². The van der Waals surface area contributed by atoms with Gasteiger partial charge < -0.3 is 5.32 Å². The van der Waals surface area contributed by atoms with Crippen LogP contribution in [0.5, 0.6) is 0 Å². The molecule has 2 rings (SSSR count). The summed E-state index contributed by atoms with van der Waals surface area (Å²) in [5.41, 5.74) is 1.69. The van der Waals surface area contributed by atoms with Crippen LogP contribution in [-0.2, 0) is 0 Å². The van der Waals surface area contributed by atoms with Gasteiger partial charge in [-0.25, -0.2) is 0 Å². The monoisotopic (exact) mass is 265 g/mol. The molecule has 0 spiro atoms. The number of benzene rings is 1. The van der Waals surface area contributed by atoms with Crippen molar-refractivity contribution < 1.29 is 0 Å². The van der Waals surface area contributed by atoms with Crippen molar-refractivity contribution in [2.45, 2.75) is 52.0 Å². The molecule has 1 atom stereocenters. The average molecular weight is 266 g/mol. The van der Waals surface area contributed by atoms with Gasteiger partial charge in [-0.15, -0.1) is 0 Å². The molecule has 0 amide bonds. The van der Waals surface area contributed by atoms with E-state index in [0.717, 1.165) is 11.6 Å².